The van der Waals surface area contributed by atoms with Gasteiger partial charge in [-0.2, -0.15) is 0 Å². The Kier molecular flexibility index (Phi) is 2.31. The van der Waals surface area contributed by atoms with E-state index in [0.29, 0.717) is 0 Å². The summed E-state index contributed by atoms with van der Waals surface area (Å²) in [6.45, 7) is 6.63. The van der Waals surface area contributed by atoms with Crippen molar-refractivity contribution < 1.29 is 0 Å². The molecule has 0 heterocycles. The van der Waals surface area contributed by atoms with Gasteiger partial charge >= 0.3 is 0 Å². The lowest BCUT2D eigenvalue weighted by atomic mass is 10.1. The van der Waals surface area contributed by atoms with Gasteiger partial charge in [0.15, 0.2) is 0 Å². The lowest BCUT2D eigenvalue weighted by molar-refractivity contribution is 0.695. The lowest BCUT2D eigenvalue weighted by Crippen LogP contribution is -1.85. The highest BCUT2D eigenvalue weighted by atomic mass is 14.1. The van der Waals surface area contributed by atoms with Crippen molar-refractivity contribution in [3.8, 4) is 0 Å². The van der Waals surface area contributed by atoms with Gasteiger partial charge in [-0.3, -0.25) is 0 Å². The van der Waals surface area contributed by atoms with E-state index >= 15 is 0 Å². The quantitative estimate of drug-likeness (QED) is 0.546. The molecular weight excluding hydrogens is 120 g/mol. The molecule has 0 spiro atoms. The summed E-state index contributed by atoms with van der Waals surface area (Å²) in [5.41, 5.74) is 2.94. The third-order valence-corrected chi connectivity index (χ3v) is 2.17. The SMILES string of the molecule is CCCC1C=C(C)C(C)=C1. The predicted molar refractivity (Wildman–Crippen MR) is 45.9 cm³/mol. The van der Waals surface area contributed by atoms with E-state index < -0.39 is 0 Å². The summed E-state index contributed by atoms with van der Waals surface area (Å²) >= 11 is 0. The van der Waals surface area contributed by atoms with Gasteiger partial charge in [-0.25, -0.2) is 0 Å². The normalized spacial score (nSPS) is 19.1. The minimum Gasteiger partial charge on any atom is -0.0744 e. The van der Waals surface area contributed by atoms with Crippen LogP contribution in [-0.4, -0.2) is 0 Å². The topological polar surface area (TPSA) is 0 Å². The van der Waals surface area contributed by atoms with E-state index in [9.17, 15) is 0 Å². The van der Waals surface area contributed by atoms with E-state index in [4.69, 9.17) is 0 Å². The molecule has 56 valence electrons. The molecule has 0 nitrogen and oxygen atoms in total. The van der Waals surface area contributed by atoms with Crippen LogP contribution in [0.15, 0.2) is 23.3 Å². The maximum Gasteiger partial charge on any atom is -0.00420 e. The second-order valence-electron chi connectivity index (χ2n) is 3.15. The molecule has 0 amide bonds. The van der Waals surface area contributed by atoms with Gasteiger partial charge in [-0.05, 0) is 26.2 Å². The Labute approximate surface area is 63.6 Å². The van der Waals surface area contributed by atoms with Crippen LogP contribution in [0.4, 0.5) is 0 Å². The van der Waals surface area contributed by atoms with E-state index in [1.165, 1.54) is 24.0 Å². The molecule has 0 N–H and O–H groups in total. The molecule has 0 heteroatoms. The summed E-state index contributed by atoms with van der Waals surface area (Å²) in [6, 6.07) is 0. The van der Waals surface area contributed by atoms with Gasteiger partial charge < -0.3 is 0 Å². The molecule has 0 radical (unpaired) electrons. The van der Waals surface area contributed by atoms with Gasteiger partial charge in [-0.1, -0.05) is 36.6 Å². The molecule has 0 bridgehead atoms. The van der Waals surface area contributed by atoms with Crippen LogP contribution >= 0.6 is 0 Å². The molecule has 0 atom stereocenters. The monoisotopic (exact) mass is 136 g/mol. The molecule has 1 aliphatic rings. The van der Waals surface area contributed by atoms with Crippen LogP contribution in [0.3, 0.4) is 0 Å². The standard InChI is InChI=1S/C10H16/c1-4-5-10-6-8(2)9(3)7-10/h6-7,10H,4-5H2,1-3H3. The number of hydrogen-bond acceptors (Lipinski definition) is 0. The molecular formula is C10H16. The van der Waals surface area contributed by atoms with E-state index in [0.717, 1.165) is 5.92 Å². The highest BCUT2D eigenvalue weighted by Crippen LogP contribution is 2.25. The van der Waals surface area contributed by atoms with Crippen molar-refractivity contribution in [3.63, 3.8) is 0 Å². The maximum atomic E-state index is 2.37. The molecule has 0 aromatic carbocycles. The largest absolute Gasteiger partial charge is 0.0744 e. The minimum absolute atomic E-state index is 0.741. The Morgan fingerprint density at radius 3 is 2.10 bits per heavy atom. The van der Waals surface area contributed by atoms with Crippen molar-refractivity contribution in [2.24, 2.45) is 5.92 Å². The van der Waals surface area contributed by atoms with Crippen molar-refractivity contribution >= 4 is 0 Å². The maximum absolute atomic E-state index is 2.37. The molecule has 0 unspecified atom stereocenters. The fraction of sp³-hybridized carbons (Fsp3) is 0.600. The number of hydrogen-bond donors (Lipinski definition) is 0. The Hall–Kier alpha value is -0.520. The van der Waals surface area contributed by atoms with Crippen LogP contribution in [-0.2, 0) is 0 Å². The Balaban J connectivity index is 2.55. The zero-order valence-electron chi connectivity index (χ0n) is 7.15. The van der Waals surface area contributed by atoms with Crippen molar-refractivity contribution in [2.45, 2.75) is 33.6 Å². The van der Waals surface area contributed by atoms with Gasteiger partial charge in [0.25, 0.3) is 0 Å². The van der Waals surface area contributed by atoms with Gasteiger partial charge in [0.1, 0.15) is 0 Å². The molecule has 0 aliphatic heterocycles. The van der Waals surface area contributed by atoms with E-state index in [1.807, 2.05) is 0 Å². The second kappa shape index (κ2) is 3.05. The molecule has 0 aromatic rings. The summed E-state index contributed by atoms with van der Waals surface area (Å²) in [7, 11) is 0. The molecule has 1 aliphatic carbocycles. The van der Waals surface area contributed by atoms with E-state index in [2.05, 4.69) is 32.9 Å². The van der Waals surface area contributed by atoms with Crippen LogP contribution in [0.5, 0.6) is 0 Å². The molecule has 1 rings (SSSR count). The molecule has 0 aromatic heterocycles. The molecule has 0 fully saturated rings. The van der Waals surface area contributed by atoms with E-state index in [1.54, 1.807) is 0 Å². The fourth-order valence-electron chi connectivity index (χ4n) is 1.45. The van der Waals surface area contributed by atoms with Gasteiger partial charge in [0, 0.05) is 0 Å². The summed E-state index contributed by atoms with van der Waals surface area (Å²) in [4.78, 5) is 0. The first-order valence-corrected chi connectivity index (χ1v) is 4.11. The van der Waals surface area contributed by atoms with Crippen LogP contribution < -0.4 is 0 Å². The zero-order chi connectivity index (χ0) is 7.56. The van der Waals surface area contributed by atoms with Crippen molar-refractivity contribution in [1.29, 1.82) is 0 Å². The minimum atomic E-state index is 0.741. The first-order chi connectivity index (χ1) is 4.74. The van der Waals surface area contributed by atoms with Crippen LogP contribution in [0.25, 0.3) is 0 Å². The van der Waals surface area contributed by atoms with Crippen LogP contribution in [0, 0.1) is 5.92 Å². The lowest BCUT2D eigenvalue weighted by Gasteiger charge is -1.99. The zero-order valence-corrected chi connectivity index (χ0v) is 7.15. The summed E-state index contributed by atoms with van der Waals surface area (Å²) in [5.74, 6) is 0.741. The second-order valence-corrected chi connectivity index (χ2v) is 3.15. The highest BCUT2D eigenvalue weighted by Gasteiger charge is 2.09. The van der Waals surface area contributed by atoms with Crippen molar-refractivity contribution in [2.75, 3.05) is 0 Å². The average Bonchev–Trinajstić information content (AvgIpc) is 2.14. The van der Waals surface area contributed by atoms with Crippen molar-refractivity contribution in [1.82, 2.24) is 0 Å². The Bertz CT molecular complexity index is 154. The Morgan fingerprint density at radius 1 is 1.20 bits per heavy atom. The fourth-order valence-corrected chi connectivity index (χ4v) is 1.45. The van der Waals surface area contributed by atoms with Crippen LogP contribution in [0.2, 0.25) is 0 Å². The first-order valence-electron chi connectivity index (χ1n) is 4.11. The predicted octanol–water partition coefficient (Wildman–Crippen LogP) is 3.31. The highest BCUT2D eigenvalue weighted by molar-refractivity contribution is 5.35. The van der Waals surface area contributed by atoms with Gasteiger partial charge in [0.2, 0.25) is 0 Å². The number of allylic oxidation sites excluding steroid dienone is 4. The summed E-state index contributed by atoms with van der Waals surface area (Å²) in [5, 5.41) is 0. The summed E-state index contributed by atoms with van der Waals surface area (Å²) in [6.07, 6.45) is 7.35. The molecule has 0 saturated carbocycles. The van der Waals surface area contributed by atoms with E-state index in [-0.39, 0.29) is 0 Å². The first kappa shape index (κ1) is 7.59. The van der Waals surface area contributed by atoms with Crippen LogP contribution in [0.1, 0.15) is 33.6 Å². The molecule has 0 saturated heterocycles. The third kappa shape index (κ3) is 1.50. The summed E-state index contributed by atoms with van der Waals surface area (Å²) < 4.78 is 0. The van der Waals surface area contributed by atoms with Gasteiger partial charge in [0.05, 0.1) is 0 Å². The number of rotatable bonds is 2. The smallest absolute Gasteiger partial charge is 0.00420 e. The average molecular weight is 136 g/mol. The third-order valence-electron chi connectivity index (χ3n) is 2.17. The Morgan fingerprint density at radius 2 is 1.70 bits per heavy atom. The van der Waals surface area contributed by atoms with Crippen molar-refractivity contribution in [3.05, 3.63) is 23.3 Å². The van der Waals surface area contributed by atoms with Gasteiger partial charge in [-0.15, -0.1) is 0 Å². The molecule has 10 heavy (non-hydrogen) atoms.